The van der Waals surface area contributed by atoms with Crippen molar-refractivity contribution in [1.29, 1.82) is 0 Å². The van der Waals surface area contributed by atoms with Crippen LogP contribution in [0.2, 0.25) is 0 Å². The molecule has 1 aromatic carbocycles. The maximum Gasteiger partial charge on any atom is 0.416 e. The van der Waals surface area contributed by atoms with Crippen molar-refractivity contribution in [2.24, 2.45) is 0 Å². The van der Waals surface area contributed by atoms with E-state index in [-0.39, 0.29) is 17.8 Å². The molecule has 1 fully saturated rings. The Labute approximate surface area is 175 Å². The summed E-state index contributed by atoms with van der Waals surface area (Å²) >= 11 is 0. The third-order valence-electron chi connectivity index (χ3n) is 4.95. The van der Waals surface area contributed by atoms with Crippen molar-refractivity contribution in [3.8, 4) is 11.5 Å². The van der Waals surface area contributed by atoms with E-state index in [1.165, 1.54) is 12.1 Å². The van der Waals surface area contributed by atoms with Crippen molar-refractivity contribution >= 4 is 11.7 Å². The Kier molecular flexibility index (Phi) is 5.59. The van der Waals surface area contributed by atoms with Gasteiger partial charge in [-0.15, -0.1) is 0 Å². The summed E-state index contributed by atoms with van der Waals surface area (Å²) in [5.74, 6) is 0.786. The van der Waals surface area contributed by atoms with Crippen molar-refractivity contribution in [3.05, 3.63) is 60.1 Å². The maximum atomic E-state index is 12.8. The first-order valence-electron chi connectivity index (χ1n) is 9.49. The van der Waals surface area contributed by atoms with Crippen LogP contribution in [0.25, 0.3) is 11.5 Å². The molecule has 11 heteroatoms. The van der Waals surface area contributed by atoms with Gasteiger partial charge in [-0.1, -0.05) is 17.3 Å². The molecule has 0 saturated carbocycles. The fourth-order valence-electron chi connectivity index (χ4n) is 3.49. The van der Waals surface area contributed by atoms with Crippen LogP contribution in [0.1, 0.15) is 23.9 Å². The molecule has 0 bridgehead atoms. The van der Waals surface area contributed by atoms with E-state index in [1.54, 1.807) is 18.3 Å². The minimum Gasteiger partial charge on any atom is -0.337 e. The zero-order chi connectivity index (χ0) is 22.0. The van der Waals surface area contributed by atoms with E-state index in [0.29, 0.717) is 30.4 Å². The van der Waals surface area contributed by atoms with Gasteiger partial charge in [0.25, 0.3) is 0 Å². The van der Waals surface area contributed by atoms with Crippen molar-refractivity contribution in [1.82, 2.24) is 25.3 Å². The molecule has 2 atom stereocenters. The van der Waals surface area contributed by atoms with Gasteiger partial charge in [0.05, 0.1) is 11.6 Å². The molecule has 1 aliphatic heterocycles. The maximum absolute atomic E-state index is 12.8. The lowest BCUT2D eigenvalue weighted by Crippen LogP contribution is -2.39. The Morgan fingerprint density at radius 1 is 1.23 bits per heavy atom. The summed E-state index contributed by atoms with van der Waals surface area (Å²) in [5.41, 5.74) is -0.175. The van der Waals surface area contributed by atoms with Crippen LogP contribution in [-0.4, -0.2) is 45.7 Å². The van der Waals surface area contributed by atoms with Crippen LogP contribution in [-0.2, 0) is 6.18 Å². The number of pyridine rings is 1. The molecule has 1 saturated heterocycles. The van der Waals surface area contributed by atoms with Crippen molar-refractivity contribution in [2.75, 3.05) is 18.9 Å². The number of hydrogen-bond donors (Lipinski definition) is 2. The first-order valence-corrected chi connectivity index (χ1v) is 9.49. The molecule has 0 aliphatic carbocycles. The number of carbonyl (C=O) groups excluding carboxylic acids is 1. The summed E-state index contributed by atoms with van der Waals surface area (Å²) in [6.45, 7) is 0.516. The number of likely N-dealkylation sites (tertiary alicyclic amines) is 1. The Bertz CT molecular complexity index is 1060. The molecule has 0 radical (unpaired) electrons. The predicted octanol–water partition coefficient (Wildman–Crippen LogP) is 3.72. The largest absolute Gasteiger partial charge is 0.416 e. The summed E-state index contributed by atoms with van der Waals surface area (Å²) in [6.07, 6.45) is -2.33. The lowest BCUT2D eigenvalue weighted by molar-refractivity contribution is -0.137. The number of nitrogens with zero attached hydrogens (tertiary/aromatic N) is 4. The number of alkyl halides is 3. The van der Waals surface area contributed by atoms with Gasteiger partial charge in [-0.25, -0.2) is 4.79 Å². The lowest BCUT2D eigenvalue weighted by atomic mass is 10.1. The van der Waals surface area contributed by atoms with E-state index in [2.05, 4.69) is 25.8 Å². The number of amides is 2. The van der Waals surface area contributed by atoms with Crippen LogP contribution in [0.15, 0.2) is 53.2 Å². The number of rotatable bonds is 4. The molecule has 8 nitrogen and oxygen atoms in total. The molecule has 2 amide bonds. The number of aromatic nitrogens is 3. The minimum absolute atomic E-state index is 0.0622. The summed E-state index contributed by atoms with van der Waals surface area (Å²) < 4.78 is 43.9. The summed E-state index contributed by atoms with van der Waals surface area (Å²) in [4.78, 5) is 22.8. The second kappa shape index (κ2) is 8.34. The first kappa shape index (κ1) is 20.8. The molecule has 2 N–H and O–H groups in total. The van der Waals surface area contributed by atoms with Crippen LogP contribution >= 0.6 is 0 Å². The number of urea groups is 1. The fraction of sp³-hybridized carbons (Fsp3) is 0.300. The number of likely N-dealkylation sites (N-methyl/N-ethyl adjacent to an activating group) is 1. The quantitative estimate of drug-likeness (QED) is 0.653. The lowest BCUT2D eigenvalue weighted by Gasteiger charge is -2.14. The summed E-state index contributed by atoms with van der Waals surface area (Å²) in [6, 6.07) is 8.83. The van der Waals surface area contributed by atoms with Gasteiger partial charge < -0.3 is 15.2 Å². The molecule has 3 heterocycles. The van der Waals surface area contributed by atoms with Gasteiger partial charge in [-0.2, -0.15) is 18.2 Å². The second-order valence-electron chi connectivity index (χ2n) is 7.24. The Balaban J connectivity index is 1.37. The van der Waals surface area contributed by atoms with Crippen LogP contribution in [0.5, 0.6) is 0 Å². The van der Waals surface area contributed by atoms with Gasteiger partial charge in [0.2, 0.25) is 11.7 Å². The van der Waals surface area contributed by atoms with Gasteiger partial charge in [0.1, 0.15) is 5.69 Å². The van der Waals surface area contributed by atoms with E-state index in [0.717, 1.165) is 12.1 Å². The smallest absolute Gasteiger partial charge is 0.337 e. The van der Waals surface area contributed by atoms with Crippen molar-refractivity contribution < 1.29 is 22.5 Å². The van der Waals surface area contributed by atoms with E-state index in [1.807, 2.05) is 18.0 Å². The van der Waals surface area contributed by atoms with E-state index in [9.17, 15) is 18.0 Å². The fourth-order valence-corrected chi connectivity index (χ4v) is 3.49. The van der Waals surface area contributed by atoms with Gasteiger partial charge >= 0.3 is 12.2 Å². The highest BCUT2D eigenvalue weighted by atomic mass is 19.4. The van der Waals surface area contributed by atoms with Crippen molar-refractivity contribution in [2.45, 2.75) is 24.7 Å². The van der Waals surface area contributed by atoms with E-state index < -0.39 is 17.8 Å². The molecule has 162 valence electrons. The van der Waals surface area contributed by atoms with Crippen LogP contribution in [0.4, 0.5) is 23.7 Å². The zero-order valence-corrected chi connectivity index (χ0v) is 16.4. The molecule has 2 unspecified atom stereocenters. The molecule has 2 aromatic heterocycles. The molecule has 4 rings (SSSR count). The number of hydrogen-bond acceptors (Lipinski definition) is 6. The van der Waals surface area contributed by atoms with Crippen molar-refractivity contribution in [3.63, 3.8) is 0 Å². The Hall–Kier alpha value is -3.47. The Morgan fingerprint density at radius 3 is 2.81 bits per heavy atom. The number of carbonyl (C=O) groups is 1. The number of halogens is 3. The van der Waals surface area contributed by atoms with Crippen LogP contribution in [0, 0.1) is 0 Å². The van der Waals surface area contributed by atoms with Crippen LogP contribution < -0.4 is 10.6 Å². The molecule has 3 aromatic rings. The molecule has 0 spiro atoms. The molecule has 31 heavy (non-hydrogen) atoms. The molecular weight excluding hydrogens is 413 g/mol. The van der Waals surface area contributed by atoms with Crippen LogP contribution in [0.3, 0.4) is 0 Å². The van der Waals surface area contributed by atoms with Gasteiger partial charge in [0.15, 0.2) is 0 Å². The third-order valence-corrected chi connectivity index (χ3v) is 4.95. The Morgan fingerprint density at radius 2 is 2.06 bits per heavy atom. The van der Waals surface area contributed by atoms with E-state index >= 15 is 0 Å². The van der Waals surface area contributed by atoms with Gasteiger partial charge in [0, 0.05) is 24.5 Å². The number of nitrogens with one attached hydrogen (secondary N) is 2. The first-order chi connectivity index (χ1) is 14.8. The molecular formula is C20H19F3N6O2. The standard InChI is InChI=1S/C20H19F3N6O2/c1-29-11-14(26-19(30)25-13-6-4-5-12(9-13)20(21,22)23)10-16(29)18-27-17(28-31-18)15-7-2-3-8-24-15/h2-9,14,16H,10-11H2,1H3,(H2,25,26,30). The monoisotopic (exact) mass is 432 g/mol. The zero-order valence-electron chi connectivity index (χ0n) is 16.4. The summed E-state index contributed by atoms with van der Waals surface area (Å²) in [5, 5.41) is 9.20. The number of anilines is 1. The second-order valence-corrected chi connectivity index (χ2v) is 7.24. The topological polar surface area (TPSA) is 96.2 Å². The predicted molar refractivity (Wildman–Crippen MR) is 105 cm³/mol. The average Bonchev–Trinajstić information content (AvgIpc) is 3.35. The highest BCUT2D eigenvalue weighted by Gasteiger charge is 2.35. The highest BCUT2D eigenvalue weighted by molar-refractivity contribution is 5.89. The normalized spacial score (nSPS) is 19.4. The third kappa shape index (κ3) is 4.82. The minimum atomic E-state index is -4.48. The van der Waals surface area contributed by atoms with Gasteiger partial charge in [-0.3, -0.25) is 9.88 Å². The van der Waals surface area contributed by atoms with E-state index in [4.69, 9.17) is 4.52 Å². The highest BCUT2D eigenvalue weighted by Crippen LogP contribution is 2.32. The van der Waals surface area contributed by atoms with Gasteiger partial charge in [-0.05, 0) is 43.8 Å². The molecule has 1 aliphatic rings. The number of benzene rings is 1. The SMILES string of the molecule is CN1CC(NC(=O)Nc2cccc(C(F)(F)F)c2)CC1c1nc(-c2ccccn2)no1. The average molecular weight is 432 g/mol. The summed E-state index contributed by atoms with van der Waals surface area (Å²) in [7, 11) is 1.86.